The first-order chi connectivity index (χ1) is 14.6. The summed E-state index contributed by atoms with van der Waals surface area (Å²) in [4.78, 5) is 17.2. The number of amides is 1. The number of para-hydroxylation sites is 1. The van der Waals surface area contributed by atoms with Crippen molar-refractivity contribution in [2.24, 2.45) is 7.05 Å². The summed E-state index contributed by atoms with van der Waals surface area (Å²) in [5.74, 6) is 0.0657. The first-order valence-electron chi connectivity index (χ1n) is 10.4. The normalized spacial score (nSPS) is 12.1. The summed E-state index contributed by atoms with van der Waals surface area (Å²) in [7, 11) is 2.06. The van der Waals surface area contributed by atoms with Gasteiger partial charge in [-0.3, -0.25) is 9.78 Å². The number of hydrogen-bond donors (Lipinski definition) is 1. The summed E-state index contributed by atoms with van der Waals surface area (Å²) >= 11 is 0. The molecule has 0 saturated carbocycles. The van der Waals surface area contributed by atoms with Crippen molar-refractivity contribution >= 4 is 16.8 Å². The van der Waals surface area contributed by atoms with E-state index in [0.29, 0.717) is 13.0 Å². The summed E-state index contributed by atoms with van der Waals surface area (Å²) in [5, 5.41) is 4.28. The van der Waals surface area contributed by atoms with Crippen molar-refractivity contribution in [2.45, 2.75) is 25.7 Å². The first-order valence-corrected chi connectivity index (χ1v) is 10.4. The van der Waals surface area contributed by atoms with Gasteiger partial charge in [0.1, 0.15) is 0 Å². The highest BCUT2D eigenvalue weighted by Gasteiger charge is 2.22. The zero-order valence-corrected chi connectivity index (χ0v) is 17.5. The van der Waals surface area contributed by atoms with Gasteiger partial charge in [-0.2, -0.15) is 0 Å². The van der Waals surface area contributed by atoms with Crippen LogP contribution in [-0.4, -0.2) is 22.0 Å². The summed E-state index contributed by atoms with van der Waals surface area (Å²) in [6.45, 7) is 2.67. The van der Waals surface area contributed by atoms with Gasteiger partial charge >= 0.3 is 0 Å². The number of aromatic nitrogens is 2. The van der Waals surface area contributed by atoms with Crippen molar-refractivity contribution in [3.8, 4) is 0 Å². The molecule has 0 saturated heterocycles. The fourth-order valence-electron chi connectivity index (χ4n) is 3.99. The molecule has 4 aromatic rings. The van der Waals surface area contributed by atoms with Crippen LogP contribution in [0.5, 0.6) is 0 Å². The predicted octanol–water partition coefficient (Wildman–Crippen LogP) is 4.76. The maximum absolute atomic E-state index is 12.9. The fourth-order valence-corrected chi connectivity index (χ4v) is 3.99. The fraction of sp³-hybridized carbons (Fsp3) is 0.231. The van der Waals surface area contributed by atoms with Crippen LogP contribution in [0.3, 0.4) is 0 Å². The number of carbonyl (C=O) groups is 1. The van der Waals surface area contributed by atoms with Crippen molar-refractivity contribution in [3.05, 3.63) is 102 Å². The second-order valence-electron chi connectivity index (χ2n) is 7.80. The maximum atomic E-state index is 12.9. The number of nitrogens with one attached hydrogen (secondary N) is 1. The Labute approximate surface area is 177 Å². The third-order valence-electron chi connectivity index (χ3n) is 5.60. The van der Waals surface area contributed by atoms with E-state index in [1.54, 1.807) is 6.20 Å². The summed E-state index contributed by atoms with van der Waals surface area (Å²) in [6, 6.07) is 22.8. The molecule has 2 heterocycles. The third-order valence-corrected chi connectivity index (χ3v) is 5.60. The van der Waals surface area contributed by atoms with Crippen LogP contribution < -0.4 is 5.32 Å². The van der Waals surface area contributed by atoms with Crippen LogP contribution in [0.1, 0.15) is 34.7 Å². The molecule has 0 unspecified atom stereocenters. The van der Waals surface area contributed by atoms with E-state index in [1.165, 1.54) is 22.0 Å². The average molecular weight is 398 g/mol. The first kappa shape index (κ1) is 19.9. The molecule has 4 rings (SSSR count). The van der Waals surface area contributed by atoms with Gasteiger partial charge in [0.25, 0.3) is 0 Å². The molecule has 0 aliphatic carbocycles. The molecule has 2 aromatic heterocycles. The highest BCUT2D eigenvalue weighted by atomic mass is 16.1. The van der Waals surface area contributed by atoms with Crippen LogP contribution in [0.15, 0.2) is 79.1 Å². The van der Waals surface area contributed by atoms with Gasteiger partial charge in [-0.1, -0.05) is 54.1 Å². The molecule has 0 radical (unpaired) electrons. The predicted molar refractivity (Wildman–Crippen MR) is 122 cm³/mol. The minimum Gasteiger partial charge on any atom is -0.356 e. The smallest absolute Gasteiger partial charge is 0.220 e. The molecule has 4 heteroatoms. The Morgan fingerprint density at radius 1 is 1.03 bits per heavy atom. The molecular weight excluding hydrogens is 370 g/mol. The SMILES string of the molecule is Cc1ccc([C@H](CC(=O)NCCc2ccccn2)c2cn(C)c3ccccc23)cc1. The molecule has 0 spiro atoms. The Morgan fingerprint density at radius 2 is 1.80 bits per heavy atom. The largest absolute Gasteiger partial charge is 0.356 e. The molecule has 0 aliphatic heterocycles. The summed E-state index contributed by atoms with van der Waals surface area (Å²) < 4.78 is 2.14. The lowest BCUT2D eigenvalue weighted by Crippen LogP contribution is -2.27. The zero-order chi connectivity index (χ0) is 20.9. The Balaban J connectivity index is 1.56. The highest BCUT2D eigenvalue weighted by Crippen LogP contribution is 2.34. The van der Waals surface area contributed by atoms with Crippen LogP contribution in [0.2, 0.25) is 0 Å². The van der Waals surface area contributed by atoms with Gasteiger partial charge in [0.05, 0.1) is 0 Å². The average Bonchev–Trinajstić information content (AvgIpc) is 3.10. The van der Waals surface area contributed by atoms with Crippen LogP contribution in [0.25, 0.3) is 10.9 Å². The number of aryl methyl sites for hydroxylation is 2. The quantitative estimate of drug-likeness (QED) is 0.489. The lowest BCUT2D eigenvalue weighted by molar-refractivity contribution is -0.121. The lowest BCUT2D eigenvalue weighted by atomic mass is 9.87. The van der Waals surface area contributed by atoms with Gasteiger partial charge in [0.2, 0.25) is 5.91 Å². The molecular formula is C26H27N3O. The molecule has 0 aliphatic rings. The van der Waals surface area contributed by atoms with E-state index in [9.17, 15) is 4.79 Å². The Hall–Kier alpha value is -3.40. The molecule has 0 fully saturated rings. The van der Waals surface area contributed by atoms with Crippen molar-refractivity contribution in [1.29, 1.82) is 0 Å². The second-order valence-corrected chi connectivity index (χ2v) is 7.80. The molecule has 152 valence electrons. The number of nitrogens with zero attached hydrogens (tertiary/aromatic N) is 2. The number of pyridine rings is 1. The van der Waals surface area contributed by atoms with E-state index in [2.05, 4.69) is 83.6 Å². The van der Waals surface area contributed by atoms with Crippen LogP contribution >= 0.6 is 0 Å². The van der Waals surface area contributed by atoms with E-state index >= 15 is 0 Å². The Kier molecular flexibility index (Phi) is 5.94. The van der Waals surface area contributed by atoms with Crippen molar-refractivity contribution in [2.75, 3.05) is 6.54 Å². The van der Waals surface area contributed by atoms with E-state index in [4.69, 9.17) is 0 Å². The van der Waals surface area contributed by atoms with Gasteiger partial charge in [0.15, 0.2) is 0 Å². The summed E-state index contributed by atoms with van der Waals surface area (Å²) in [5.41, 5.74) is 5.74. The van der Waals surface area contributed by atoms with Gasteiger partial charge in [0, 0.05) is 61.3 Å². The van der Waals surface area contributed by atoms with Gasteiger partial charge in [-0.15, -0.1) is 0 Å². The van der Waals surface area contributed by atoms with Crippen LogP contribution in [0.4, 0.5) is 0 Å². The van der Waals surface area contributed by atoms with Gasteiger partial charge in [-0.25, -0.2) is 0 Å². The molecule has 1 N–H and O–H groups in total. The molecule has 4 nitrogen and oxygen atoms in total. The number of hydrogen-bond acceptors (Lipinski definition) is 2. The minimum atomic E-state index is 0.00607. The summed E-state index contributed by atoms with van der Waals surface area (Å²) in [6.07, 6.45) is 5.09. The number of fused-ring (bicyclic) bond motifs is 1. The minimum absolute atomic E-state index is 0.00607. The standard InChI is InChI=1S/C26H27N3O/c1-19-10-12-20(13-11-19)23(24-18-29(2)25-9-4-3-8-22(24)25)17-26(30)28-16-14-21-7-5-6-15-27-21/h3-13,15,18,23H,14,16-17H2,1-2H3,(H,28,30)/t23-/m0/s1. The van der Waals surface area contributed by atoms with E-state index in [-0.39, 0.29) is 11.8 Å². The number of benzene rings is 2. The molecule has 2 aromatic carbocycles. The van der Waals surface area contributed by atoms with Crippen molar-refractivity contribution in [1.82, 2.24) is 14.9 Å². The monoisotopic (exact) mass is 397 g/mol. The van der Waals surface area contributed by atoms with Gasteiger partial charge in [-0.05, 0) is 36.2 Å². The van der Waals surface area contributed by atoms with Crippen molar-refractivity contribution < 1.29 is 4.79 Å². The molecule has 30 heavy (non-hydrogen) atoms. The topological polar surface area (TPSA) is 46.9 Å². The zero-order valence-electron chi connectivity index (χ0n) is 17.5. The van der Waals surface area contributed by atoms with Crippen LogP contribution in [0, 0.1) is 6.92 Å². The third kappa shape index (κ3) is 4.43. The van der Waals surface area contributed by atoms with E-state index in [1.807, 2.05) is 18.2 Å². The molecule has 1 amide bonds. The highest BCUT2D eigenvalue weighted by molar-refractivity contribution is 5.86. The second kappa shape index (κ2) is 8.95. The Morgan fingerprint density at radius 3 is 2.57 bits per heavy atom. The number of rotatable bonds is 7. The number of carbonyl (C=O) groups excluding carboxylic acids is 1. The van der Waals surface area contributed by atoms with Crippen molar-refractivity contribution in [3.63, 3.8) is 0 Å². The Bertz CT molecular complexity index is 1130. The maximum Gasteiger partial charge on any atom is 0.220 e. The van der Waals surface area contributed by atoms with E-state index < -0.39 is 0 Å². The lowest BCUT2D eigenvalue weighted by Gasteiger charge is -2.17. The van der Waals surface area contributed by atoms with Crippen LogP contribution in [-0.2, 0) is 18.3 Å². The molecule has 1 atom stereocenters. The van der Waals surface area contributed by atoms with Gasteiger partial charge < -0.3 is 9.88 Å². The van der Waals surface area contributed by atoms with E-state index in [0.717, 1.165) is 17.7 Å². The molecule has 0 bridgehead atoms.